The SMILES string of the molecule is OCc1cc(Br)ccc1N(CC1CC1)CC1CC1. The quantitative estimate of drug-likeness (QED) is 0.868. The molecule has 0 amide bonds. The molecule has 18 heavy (non-hydrogen) atoms. The fourth-order valence-electron chi connectivity index (χ4n) is 2.48. The number of halogens is 1. The molecule has 0 aromatic heterocycles. The van der Waals surface area contributed by atoms with Gasteiger partial charge in [-0.3, -0.25) is 0 Å². The summed E-state index contributed by atoms with van der Waals surface area (Å²) < 4.78 is 1.05. The maximum Gasteiger partial charge on any atom is 0.0702 e. The lowest BCUT2D eigenvalue weighted by atomic mass is 10.1. The predicted molar refractivity (Wildman–Crippen MR) is 77.7 cm³/mol. The monoisotopic (exact) mass is 309 g/mol. The molecule has 2 saturated carbocycles. The number of anilines is 1. The third kappa shape index (κ3) is 3.07. The van der Waals surface area contributed by atoms with Crippen LogP contribution in [0.1, 0.15) is 31.2 Å². The van der Waals surface area contributed by atoms with Crippen LogP contribution in [0.4, 0.5) is 5.69 Å². The minimum atomic E-state index is 0.126. The lowest BCUT2D eigenvalue weighted by molar-refractivity contribution is 0.282. The molecule has 1 aromatic rings. The van der Waals surface area contributed by atoms with Crippen LogP contribution in [-0.4, -0.2) is 18.2 Å². The first-order chi connectivity index (χ1) is 8.76. The van der Waals surface area contributed by atoms with E-state index < -0.39 is 0 Å². The maximum atomic E-state index is 9.54. The molecule has 2 fully saturated rings. The standard InChI is InChI=1S/C15H20BrNO/c16-14-5-6-15(13(7-14)10-18)17(8-11-1-2-11)9-12-3-4-12/h5-7,11-12,18H,1-4,8-10H2. The highest BCUT2D eigenvalue weighted by atomic mass is 79.9. The number of benzene rings is 1. The number of hydrogen-bond donors (Lipinski definition) is 1. The van der Waals surface area contributed by atoms with Gasteiger partial charge in [-0.2, -0.15) is 0 Å². The average Bonchev–Trinajstić information content (AvgIpc) is 3.23. The number of rotatable bonds is 6. The van der Waals surface area contributed by atoms with Gasteiger partial charge in [0.25, 0.3) is 0 Å². The fourth-order valence-corrected chi connectivity index (χ4v) is 2.89. The molecule has 2 aliphatic rings. The first kappa shape index (κ1) is 12.5. The number of aliphatic hydroxyl groups is 1. The van der Waals surface area contributed by atoms with Crippen LogP contribution < -0.4 is 4.90 Å². The second-order valence-electron chi connectivity index (χ2n) is 5.72. The van der Waals surface area contributed by atoms with Crippen molar-refractivity contribution >= 4 is 21.6 Å². The zero-order chi connectivity index (χ0) is 12.5. The minimum absolute atomic E-state index is 0.126. The predicted octanol–water partition coefficient (Wildman–Crippen LogP) is 3.57. The van der Waals surface area contributed by atoms with E-state index in [-0.39, 0.29) is 6.61 Å². The summed E-state index contributed by atoms with van der Waals surface area (Å²) in [4.78, 5) is 2.51. The molecule has 98 valence electrons. The zero-order valence-electron chi connectivity index (χ0n) is 10.6. The Kier molecular flexibility index (Phi) is 3.62. The van der Waals surface area contributed by atoms with E-state index in [1.807, 2.05) is 6.07 Å². The van der Waals surface area contributed by atoms with Gasteiger partial charge in [0, 0.05) is 28.8 Å². The van der Waals surface area contributed by atoms with Crippen LogP contribution >= 0.6 is 15.9 Å². The Morgan fingerprint density at radius 3 is 2.22 bits per heavy atom. The van der Waals surface area contributed by atoms with Crippen LogP contribution in [0.2, 0.25) is 0 Å². The van der Waals surface area contributed by atoms with E-state index in [1.165, 1.54) is 44.5 Å². The average molecular weight is 310 g/mol. The Bertz CT molecular complexity index is 413. The molecule has 3 heteroatoms. The van der Waals surface area contributed by atoms with E-state index in [2.05, 4.69) is 33.0 Å². The minimum Gasteiger partial charge on any atom is -0.392 e. The fraction of sp³-hybridized carbons (Fsp3) is 0.600. The summed E-state index contributed by atoms with van der Waals surface area (Å²) in [5.41, 5.74) is 2.28. The normalized spacial score (nSPS) is 19.0. The smallest absolute Gasteiger partial charge is 0.0702 e. The van der Waals surface area contributed by atoms with Crippen molar-refractivity contribution < 1.29 is 5.11 Å². The Hall–Kier alpha value is -0.540. The molecule has 0 spiro atoms. The highest BCUT2D eigenvalue weighted by Crippen LogP contribution is 2.37. The molecule has 0 unspecified atom stereocenters. The van der Waals surface area contributed by atoms with Crippen LogP contribution in [0.5, 0.6) is 0 Å². The molecule has 0 atom stereocenters. The Morgan fingerprint density at radius 2 is 1.72 bits per heavy atom. The van der Waals surface area contributed by atoms with Gasteiger partial charge in [0.1, 0.15) is 0 Å². The third-order valence-electron chi connectivity index (χ3n) is 3.90. The van der Waals surface area contributed by atoms with Crippen LogP contribution in [0.3, 0.4) is 0 Å². The maximum absolute atomic E-state index is 9.54. The van der Waals surface area contributed by atoms with Gasteiger partial charge in [-0.1, -0.05) is 15.9 Å². The molecule has 0 bridgehead atoms. The summed E-state index contributed by atoms with van der Waals surface area (Å²) in [6.07, 6.45) is 5.52. The summed E-state index contributed by atoms with van der Waals surface area (Å²) >= 11 is 3.48. The van der Waals surface area contributed by atoms with E-state index in [1.54, 1.807) is 0 Å². The van der Waals surface area contributed by atoms with E-state index in [9.17, 15) is 5.11 Å². The van der Waals surface area contributed by atoms with Crippen molar-refractivity contribution in [3.63, 3.8) is 0 Å². The lowest BCUT2D eigenvalue weighted by Crippen LogP contribution is -2.29. The summed E-state index contributed by atoms with van der Waals surface area (Å²) in [5.74, 6) is 1.78. The molecule has 3 rings (SSSR count). The van der Waals surface area contributed by atoms with Crippen LogP contribution in [0.15, 0.2) is 22.7 Å². The molecule has 2 nitrogen and oxygen atoms in total. The van der Waals surface area contributed by atoms with Gasteiger partial charge in [-0.05, 0) is 55.7 Å². The largest absolute Gasteiger partial charge is 0.392 e. The van der Waals surface area contributed by atoms with Crippen molar-refractivity contribution in [2.45, 2.75) is 32.3 Å². The van der Waals surface area contributed by atoms with Crippen molar-refractivity contribution in [3.05, 3.63) is 28.2 Å². The highest BCUT2D eigenvalue weighted by molar-refractivity contribution is 9.10. The van der Waals surface area contributed by atoms with Crippen LogP contribution in [0.25, 0.3) is 0 Å². The van der Waals surface area contributed by atoms with Gasteiger partial charge in [0.05, 0.1) is 6.61 Å². The lowest BCUT2D eigenvalue weighted by Gasteiger charge is -2.27. The number of hydrogen-bond acceptors (Lipinski definition) is 2. The van der Waals surface area contributed by atoms with Crippen molar-refractivity contribution in [1.29, 1.82) is 0 Å². The molecule has 1 N–H and O–H groups in total. The molecule has 0 aliphatic heterocycles. The molecule has 0 saturated heterocycles. The Balaban J connectivity index is 1.81. The van der Waals surface area contributed by atoms with E-state index in [0.717, 1.165) is 21.9 Å². The summed E-state index contributed by atoms with van der Waals surface area (Å²) in [5, 5.41) is 9.54. The molecular weight excluding hydrogens is 290 g/mol. The van der Waals surface area contributed by atoms with Crippen molar-refractivity contribution in [2.75, 3.05) is 18.0 Å². The topological polar surface area (TPSA) is 23.5 Å². The Labute approximate surface area is 117 Å². The molecule has 0 heterocycles. The summed E-state index contributed by atoms with van der Waals surface area (Å²) in [6, 6.07) is 6.28. The number of nitrogens with zero attached hydrogens (tertiary/aromatic N) is 1. The van der Waals surface area contributed by atoms with E-state index >= 15 is 0 Å². The van der Waals surface area contributed by atoms with Gasteiger partial charge in [0.2, 0.25) is 0 Å². The van der Waals surface area contributed by atoms with Crippen molar-refractivity contribution in [1.82, 2.24) is 0 Å². The van der Waals surface area contributed by atoms with E-state index in [4.69, 9.17) is 0 Å². The first-order valence-electron chi connectivity index (χ1n) is 6.90. The van der Waals surface area contributed by atoms with Gasteiger partial charge in [-0.15, -0.1) is 0 Å². The molecule has 2 aliphatic carbocycles. The highest BCUT2D eigenvalue weighted by Gasteiger charge is 2.30. The molecule has 1 aromatic carbocycles. The molecular formula is C15H20BrNO. The van der Waals surface area contributed by atoms with Crippen LogP contribution in [0, 0.1) is 11.8 Å². The Morgan fingerprint density at radius 1 is 1.11 bits per heavy atom. The third-order valence-corrected chi connectivity index (χ3v) is 4.40. The summed E-state index contributed by atoms with van der Waals surface area (Å²) in [6.45, 7) is 2.47. The first-order valence-corrected chi connectivity index (χ1v) is 7.70. The van der Waals surface area contributed by atoms with Gasteiger partial charge >= 0.3 is 0 Å². The van der Waals surface area contributed by atoms with Crippen molar-refractivity contribution in [3.8, 4) is 0 Å². The van der Waals surface area contributed by atoms with Gasteiger partial charge in [0.15, 0.2) is 0 Å². The molecule has 0 radical (unpaired) electrons. The van der Waals surface area contributed by atoms with Gasteiger partial charge in [-0.25, -0.2) is 0 Å². The van der Waals surface area contributed by atoms with Crippen LogP contribution in [-0.2, 0) is 6.61 Å². The second kappa shape index (κ2) is 5.22. The second-order valence-corrected chi connectivity index (χ2v) is 6.64. The van der Waals surface area contributed by atoms with Gasteiger partial charge < -0.3 is 10.0 Å². The van der Waals surface area contributed by atoms with E-state index in [0.29, 0.717) is 0 Å². The number of aliphatic hydroxyl groups excluding tert-OH is 1. The zero-order valence-corrected chi connectivity index (χ0v) is 12.2. The van der Waals surface area contributed by atoms with Crippen molar-refractivity contribution in [2.24, 2.45) is 11.8 Å². The summed E-state index contributed by atoms with van der Waals surface area (Å²) in [7, 11) is 0.